The Balaban J connectivity index is 1.56. The molecule has 0 radical (unpaired) electrons. The van der Waals surface area contributed by atoms with E-state index in [4.69, 9.17) is 4.74 Å². The lowest BCUT2D eigenvalue weighted by atomic mass is 10.1. The molecular formula is C21H20N4O3S. The van der Waals surface area contributed by atoms with E-state index in [1.807, 2.05) is 36.4 Å². The number of carbonyl (C=O) groups excluding carboxylic acids is 2. The molecule has 0 bridgehead atoms. The number of anilines is 2. The number of pyridine rings is 1. The minimum absolute atomic E-state index is 0.0886. The van der Waals surface area contributed by atoms with Crippen molar-refractivity contribution in [1.82, 2.24) is 9.97 Å². The maximum atomic E-state index is 12.7. The van der Waals surface area contributed by atoms with Gasteiger partial charge in [0.15, 0.2) is 10.9 Å². The molecule has 1 fully saturated rings. The van der Waals surface area contributed by atoms with Crippen LogP contribution in [0.4, 0.5) is 10.8 Å². The van der Waals surface area contributed by atoms with Crippen molar-refractivity contribution in [3.63, 3.8) is 0 Å². The van der Waals surface area contributed by atoms with Crippen LogP contribution in [-0.2, 0) is 4.74 Å². The first-order valence-electron chi connectivity index (χ1n) is 9.29. The maximum Gasteiger partial charge on any atom is 0.276 e. The van der Waals surface area contributed by atoms with Crippen molar-refractivity contribution in [3.8, 4) is 11.3 Å². The van der Waals surface area contributed by atoms with Gasteiger partial charge < -0.3 is 9.64 Å². The average molecular weight is 408 g/mol. The highest BCUT2D eigenvalue weighted by Crippen LogP contribution is 2.31. The summed E-state index contributed by atoms with van der Waals surface area (Å²) in [6.45, 7) is 4.39. The lowest BCUT2D eigenvalue weighted by Gasteiger charge is -2.28. The largest absolute Gasteiger partial charge is 0.378 e. The van der Waals surface area contributed by atoms with E-state index >= 15 is 0 Å². The molecule has 0 spiro atoms. The Morgan fingerprint density at radius 3 is 2.62 bits per heavy atom. The Morgan fingerprint density at radius 2 is 1.90 bits per heavy atom. The summed E-state index contributed by atoms with van der Waals surface area (Å²) in [7, 11) is 0. The molecule has 0 aliphatic carbocycles. The number of Topliss-reactive ketones (excluding diaryl/α,β-unsaturated/α-hetero) is 1. The lowest BCUT2D eigenvalue weighted by Crippen LogP contribution is -2.36. The number of hydrogen-bond donors (Lipinski definition) is 1. The molecule has 3 aromatic rings. The van der Waals surface area contributed by atoms with Gasteiger partial charge in [-0.1, -0.05) is 41.7 Å². The third kappa shape index (κ3) is 4.33. The van der Waals surface area contributed by atoms with Crippen molar-refractivity contribution in [2.75, 3.05) is 36.5 Å². The first-order chi connectivity index (χ1) is 14.1. The predicted molar refractivity (Wildman–Crippen MR) is 113 cm³/mol. The number of thiazole rings is 1. The summed E-state index contributed by atoms with van der Waals surface area (Å²) >= 11 is 1.17. The number of carbonyl (C=O) groups is 2. The topological polar surface area (TPSA) is 84.4 Å². The number of morpholine rings is 1. The minimum atomic E-state index is -0.358. The molecule has 7 nitrogen and oxygen atoms in total. The summed E-state index contributed by atoms with van der Waals surface area (Å²) in [5.74, 6) is -0.446. The number of benzene rings is 1. The first-order valence-corrected chi connectivity index (χ1v) is 10.1. The molecule has 0 atom stereocenters. The average Bonchev–Trinajstić information content (AvgIpc) is 3.19. The number of aromatic nitrogens is 2. The fraction of sp³-hybridized carbons (Fsp3) is 0.238. The summed E-state index contributed by atoms with van der Waals surface area (Å²) < 4.78 is 5.38. The molecule has 1 aromatic carbocycles. The van der Waals surface area contributed by atoms with Gasteiger partial charge in [-0.15, -0.1) is 0 Å². The van der Waals surface area contributed by atoms with Crippen molar-refractivity contribution < 1.29 is 14.3 Å². The predicted octanol–water partition coefficient (Wildman–Crippen LogP) is 3.50. The normalized spacial score (nSPS) is 13.9. The fourth-order valence-electron chi connectivity index (χ4n) is 3.13. The van der Waals surface area contributed by atoms with Gasteiger partial charge in [0.2, 0.25) is 0 Å². The van der Waals surface area contributed by atoms with E-state index in [2.05, 4.69) is 20.2 Å². The van der Waals surface area contributed by atoms with Crippen LogP contribution in [0.25, 0.3) is 11.3 Å². The zero-order valence-corrected chi connectivity index (χ0v) is 16.7. The van der Waals surface area contributed by atoms with Gasteiger partial charge >= 0.3 is 0 Å². The molecule has 0 unspecified atom stereocenters. The third-order valence-corrected chi connectivity index (χ3v) is 5.64. The zero-order valence-electron chi connectivity index (χ0n) is 15.9. The molecule has 148 valence electrons. The summed E-state index contributed by atoms with van der Waals surface area (Å²) in [4.78, 5) is 36.2. The van der Waals surface area contributed by atoms with E-state index in [0.717, 1.165) is 24.3 Å². The summed E-state index contributed by atoms with van der Waals surface area (Å²) in [6, 6.07) is 13.1. The van der Waals surface area contributed by atoms with Crippen LogP contribution in [0.15, 0.2) is 48.7 Å². The van der Waals surface area contributed by atoms with Crippen LogP contribution in [0, 0.1) is 0 Å². The van der Waals surface area contributed by atoms with Crippen LogP contribution in [0.2, 0.25) is 0 Å². The van der Waals surface area contributed by atoms with Crippen molar-refractivity contribution in [1.29, 1.82) is 0 Å². The molecule has 1 N–H and O–H groups in total. The smallest absolute Gasteiger partial charge is 0.276 e. The van der Waals surface area contributed by atoms with Gasteiger partial charge in [0.1, 0.15) is 5.69 Å². The van der Waals surface area contributed by atoms with Crippen molar-refractivity contribution in [2.45, 2.75) is 6.92 Å². The van der Waals surface area contributed by atoms with Gasteiger partial charge in [0.05, 0.1) is 23.8 Å². The number of ether oxygens (including phenoxy) is 1. The molecule has 0 saturated carbocycles. The van der Waals surface area contributed by atoms with E-state index in [1.54, 1.807) is 12.3 Å². The molecule has 1 aliphatic rings. The second-order valence-electron chi connectivity index (χ2n) is 6.57. The summed E-state index contributed by atoms with van der Waals surface area (Å²) in [5.41, 5.74) is 2.65. The quantitative estimate of drug-likeness (QED) is 0.651. The SMILES string of the molecule is CC(=O)c1sc(NC(=O)c2cc(N3CCOCC3)ccn2)nc1-c1ccccc1. The zero-order chi connectivity index (χ0) is 20.2. The number of ketones is 1. The molecule has 2 aromatic heterocycles. The second-order valence-corrected chi connectivity index (χ2v) is 7.57. The van der Waals surface area contributed by atoms with E-state index in [-0.39, 0.29) is 11.7 Å². The Kier molecular flexibility index (Phi) is 5.64. The van der Waals surface area contributed by atoms with Crippen LogP contribution < -0.4 is 10.2 Å². The van der Waals surface area contributed by atoms with E-state index < -0.39 is 0 Å². The van der Waals surface area contributed by atoms with Gasteiger partial charge in [-0.3, -0.25) is 19.9 Å². The van der Waals surface area contributed by atoms with Crippen molar-refractivity contribution in [2.24, 2.45) is 0 Å². The lowest BCUT2D eigenvalue weighted by molar-refractivity contribution is 0.101. The van der Waals surface area contributed by atoms with E-state index in [1.165, 1.54) is 18.3 Å². The van der Waals surface area contributed by atoms with Gasteiger partial charge in [0.25, 0.3) is 5.91 Å². The standard InChI is InChI=1S/C21H20N4O3S/c1-14(26)19-18(15-5-3-2-4-6-15)23-21(29-19)24-20(27)17-13-16(7-8-22-17)25-9-11-28-12-10-25/h2-8,13H,9-12H2,1H3,(H,23,24,27). The van der Waals surface area contributed by atoms with Gasteiger partial charge in [-0.25, -0.2) is 4.98 Å². The molecule has 3 heterocycles. The van der Waals surface area contributed by atoms with Crippen LogP contribution in [0.3, 0.4) is 0 Å². The van der Waals surface area contributed by atoms with Crippen LogP contribution in [0.1, 0.15) is 27.1 Å². The third-order valence-electron chi connectivity index (χ3n) is 4.57. The van der Waals surface area contributed by atoms with Crippen LogP contribution in [0.5, 0.6) is 0 Å². The van der Waals surface area contributed by atoms with Gasteiger partial charge in [0, 0.05) is 37.5 Å². The number of hydrogen-bond acceptors (Lipinski definition) is 7. The molecule has 1 aliphatic heterocycles. The van der Waals surface area contributed by atoms with Crippen molar-refractivity contribution in [3.05, 3.63) is 59.2 Å². The van der Waals surface area contributed by atoms with Gasteiger partial charge in [-0.2, -0.15) is 0 Å². The van der Waals surface area contributed by atoms with Crippen LogP contribution in [-0.4, -0.2) is 48.0 Å². The number of nitrogens with zero attached hydrogens (tertiary/aromatic N) is 3. The van der Waals surface area contributed by atoms with E-state index in [0.29, 0.717) is 34.6 Å². The molecule has 4 rings (SSSR count). The van der Waals surface area contributed by atoms with E-state index in [9.17, 15) is 9.59 Å². The minimum Gasteiger partial charge on any atom is -0.378 e. The highest BCUT2D eigenvalue weighted by Gasteiger charge is 2.19. The molecule has 29 heavy (non-hydrogen) atoms. The van der Waals surface area contributed by atoms with Crippen LogP contribution >= 0.6 is 11.3 Å². The first kappa shape index (κ1) is 19.2. The molecule has 1 amide bonds. The Labute approximate surface area is 172 Å². The number of nitrogens with one attached hydrogen (secondary N) is 1. The summed E-state index contributed by atoms with van der Waals surface area (Å²) in [6.07, 6.45) is 1.62. The highest BCUT2D eigenvalue weighted by atomic mass is 32.1. The maximum absolute atomic E-state index is 12.7. The Morgan fingerprint density at radius 1 is 1.14 bits per heavy atom. The summed E-state index contributed by atoms with van der Waals surface area (Å²) in [5, 5.41) is 3.16. The molecule has 1 saturated heterocycles. The highest BCUT2D eigenvalue weighted by molar-refractivity contribution is 7.18. The number of rotatable bonds is 5. The Hall–Kier alpha value is -3.10. The fourth-order valence-corrected chi connectivity index (χ4v) is 4.00. The monoisotopic (exact) mass is 408 g/mol. The molecule has 8 heteroatoms. The van der Waals surface area contributed by atoms with Crippen molar-refractivity contribution >= 4 is 33.8 Å². The number of amides is 1. The Bertz CT molecular complexity index is 1030. The second kappa shape index (κ2) is 8.50. The van der Waals surface area contributed by atoms with Gasteiger partial charge in [-0.05, 0) is 12.1 Å². The molecular weight excluding hydrogens is 388 g/mol.